The maximum Gasteiger partial charge on any atom is 0.324 e. The Morgan fingerprint density at radius 2 is 1.70 bits per heavy atom. The van der Waals surface area contributed by atoms with E-state index in [4.69, 9.17) is 14.5 Å². The van der Waals surface area contributed by atoms with Gasteiger partial charge < -0.3 is 29.2 Å². The number of carbonyl (C=O) groups excluding carboxylic acids is 4. The number of methoxy groups -OCH3 is 1. The molecule has 4 aromatic rings. The molecule has 2 aromatic carbocycles. The van der Waals surface area contributed by atoms with E-state index in [0.717, 1.165) is 89.7 Å². The number of nitrogens with one attached hydrogen (secondary N) is 2. The molecule has 6 aliphatic heterocycles. The first kappa shape index (κ1) is 46.0. The number of nitrogens with zero attached hydrogens (tertiary/aromatic N) is 8. The van der Waals surface area contributed by atoms with Gasteiger partial charge in [-0.3, -0.25) is 43.9 Å². The summed E-state index contributed by atoms with van der Waals surface area (Å²) in [4.78, 5) is 71.9. The summed E-state index contributed by atoms with van der Waals surface area (Å²) in [5, 5.41) is 5.70. The third-order valence-corrected chi connectivity index (χ3v) is 19.7. The fourth-order valence-corrected chi connectivity index (χ4v) is 14.8. The van der Waals surface area contributed by atoms with Gasteiger partial charge in [0.15, 0.2) is 0 Å². The number of hydrazine groups is 1. The van der Waals surface area contributed by atoms with E-state index in [2.05, 4.69) is 49.2 Å². The second-order valence-corrected chi connectivity index (χ2v) is 26.1. The number of ether oxygens (including phenoxy) is 2. The number of hydrogen-bond donors (Lipinski definition) is 2. The van der Waals surface area contributed by atoms with Gasteiger partial charge in [0.1, 0.15) is 18.1 Å². The number of likely N-dealkylation sites (tertiary alicyclic amines) is 2. The summed E-state index contributed by atoms with van der Waals surface area (Å²) in [6, 6.07) is 13.2. The van der Waals surface area contributed by atoms with E-state index < -0.39 is 67.6 Å². The lowest BCUT2D eigenvalue weighted by Gasteiger charge is -2.37. The molecule has 8 fully saturated rings. The average molecular weight is 1110 g/mol. The minimum absolute atomic E-state index is 0.0143. The summed E-state index contributed by atoms with van der Waals surface area (Å²) in [6.07, 6.45) is 11.0. The monoisotopic (exact) mass is 1110 g/mol. The number of pyridine rings is 1. The minimum atomic E-state index is -3.10. The maximum atomic E-state index is 15.4. The van der Waals surface area contributed by atoms with Gasteiger partial charge in [-0.2, -0.15) is 0 Å². The highest BCUT2D eigenvalue weighted by Gasteiger charge is 2.59. The molecule has 9 aliphatic rings. The molecule has 3 aliphatic carbocycles. The van der Waals surface area contributed by atoms with Crippen molar-refractivity contribution in [2.45, 2.75) is 166 Å². The topological polar surface area (TPSA) is 148 Å². The summed E-state index contributed by atoms with van der Waals surface area (Å²) in [6.45, 7) is -0.693. The number of fused-ring (bicyclic) bond motifs is 6. The molecule has 3 amide bonds. The number of aromatic nitrogens is 2. The maximum absolute atomic E-state index is 15.4. The number of hydrogen-bond acceptors (Lipinski definition) is 12. The highest BCUT2D eigenvalue weighted by molar-refractivity contribution is 5.96. The van der Waals surface area contributed by atoms with E-state index in [1.807, 2.05) is 58.0 Å². The number of esters is 1. The van der Waals surface area contributed by atoms with Crippen molar-refractivity contribution in [3.05, 3.63) is 71.5 Å². The smallest absolute Gasteiger partial charge is 0.324 e. The Morgan fingerprint density at radius 1 is 0.926 bits per heavy atom. The summed E-state index contributed by atoms with van der Waals surface area (Å²) < 4.78 is 88.7. The second kappa shape index (κ2) is 22.0. The Bertz CT molecular complexity index is 3420. The van der Waals surface area contributed by atoms with Crippen molar-refractivity contribution in [3.8, 4) is 22.4 Å². The van der Waals surface area contributed by atoms with Crippen molar-refractivity contribution < 1.29 is 39.6 Å². The average Bonchev–Trinajstić information content (AvgIpc) is 0.956. The molecule has 13 rings (SSSR count). The van der Waals surface area contributed by atoms with E-state index in [1.54, 1.807) is 13.2 Å². The van der Waals surface area contributed by atoms with E-state index in [9.17, 15) is 20.6 Å². The van der Waals surface area contributed by atoms with Crippen LogP contribution in [0.15, 0.2) is 54.7 Å². The zero-order chi connectivity index (χ0) is 63.1. The molecule has 434 valence electrons. The van der Waals surface area contributed by atoms with Crippen molar-refractivity contribution >= 4 is 40.3 Å². The van der Waals surface area contributed by atoms with Crippen molar-refractivity contribution in [2.75, 3.05) is 84.4 Å². The van der Waals surface area contributed by atoms with Gasteiger partial charge in [0.25, 0.3) is 5.91 Å². The quantitative estimate of drug-likeness (QED) is 0.106. The zero-order valence-corrected chi connectivity index (χ0v) is 48.3. The van der Waals surface area contributed by atoms with Crippen LogP contribution in [0, 0.1) is 22.7 Å². The van der Waals surface area contributed by atoms with Crippen LogP contribution in [0.25, 0.3) is 33.3 Å². The normalized spacial score (nSPS) is 33.3. The van der Waals surface area contributed by atoms with Crippen LogP contribution < -0.4 is 15.6 Å². The van der Waals surface area contributed by atoms with Crippen LogP contribution in [0.4, 0.5) is 5.69 Å². The van der Waals surface area contributed by atoms with Crippen molar-refractivity contribution in [3.63, 3.8) is 0 Å². The lowest BCUT2D eigenvalue weighted by molar-refractivity contribution is -0.155. The van der Waals surface area contributed by atoms with Crippen LogP contribution in [0.2, 0.25) is 0 Å². The number of amides is 3. The summed E-state index contributed by atoms with van der Waals surface area (Å²) in [5.41, 5.74) is 7.97. The van der Waals surface area contributed by atoms with E-state index in [-0.39, 0.29) is 53.8 Å². The van der Waals surface area contributed by atoms with E-state index >= 15 is 9.59 Å². The predicted molar refractivity (Wildman–Crippen MR) is 314 cm³/mol. The molecule has 1 spiro atoms. The van der Waals surface area contributed by atoms with Gasteiger partial charge in [0.05, 0.1) is 47.5 Å². The van der Waals surface area contributed by atoms with E-state index in [0.29, 0.717) is 92.1 Å². The van der Waals surface area contributed by atoms with Crippen LogP contribution >= 0.6 is 0 Å². The number of benzene rings is 2. The van der Waals surface area contributed by atoms with Gasteiger partial charge in [0, 0.05) is 117 Å². The molecule has 8 atom stereocenters. The zero-order valence-electron chi connectivity index (χ0n) is 56.3. The fourth-order valence-electron chi connectivity index (χ4n) is 14.8. The Kier molecular flexibility index (Phi) is 12.5. The molecule has 2 N–H and O–H groups in total. The molecular weight excluding hydrogens is 1020 g/mol. The van der Waals surface area contributed by atoms with Crippen LogP contribution in [0.5, 0.6) is 0 Å². The predicted octanol–water partition coefficient (Wildman–Crippen LogP) is 7.61. The summed E-state index contributed by atoms with van der Waals surface area (Å²) >= 11 is 0. The molecule has 16 nitrogen and oxygen atoms in total. The summed E-state index contributed by atoms with van der Waals surface area (Å²) in [5.74, 6) is -0.0299. The molecule has 0 radical (unpaired) electrons. The highest BCUT2D eigenvalue weighted by atomic mass is 16.5. The number of carbonyl (C=O) groups is 4. The fraction of sp³-hybridized carbons (Fsp3) is 0.646. The Morgan fingerprint density at radius 3 is 2.46 bits per heavy atom. The standard InChI is InChI=1S/C65H88N10O6/c1-7-74-54-22-19-46-34-49(54)51(58(74)50-35-48(37-66-55(50)41(2)80-6)71-30-28-70(29-31-71)47-20-21-47)36-64(3,4)40-81-63(79)52-16-11-25-75(68-52)61(77)53(33-42-12-10-15-45(46)32-42)67-60(76)57(43-13-8-9-14-43)72-26-23-65(38-72)24-27-73(39-65)62(78)59-56(69(59)5)44-17-18-44/h10,12,15,19,22,32,34-35,37,41,43-44,47,52-53,56-57,59,68H,7-9,11,13-14,16-18,20-21,23-31,33,36,38-40H2,1-6H3,(H,67,76)/t41-,52-,53-,56+,57-,59+,65-,69?/m0/s1/i28D2,29D2,30D2,31D2. The van der Waals surface area contributed by atoms with Gasteiger partial charge in [-0.15, -0.1) is 0 Å². The third kappa shape index (κ3) is 10.8. The molecule has 2 aromatic heterocycles. The molecule has 81 heavy (non-hydrogen) atoms. The second-order valence-electron chi connectivity index (χ2n) is 26.1. The lowest BCUT2D eigenvalue weighted by Crippen LogP contribution is -2.62. The van der Waals surface area contributed by atoms with Gasteiger partial charge in [0.2, 0.25) is 11.8 Å². The number of piperazine rings is 1. The molecule has 8 heterocycles. The number of aryl methyl sites for hydroxylation is 1. The first-order valence-corrected chi connectivity index (χ1v) is 30.4. The summed E-state index contributed by atoms with van der Waals surface area (Å²) in [7, 11) is 3.62. The Hall–Kier alpha value is -5.39. The number of rotatable bonds is 12. The largest absolute Gasteiger partial charge is 0.464 e. The van der Waals surface area contributed by atoms with Gasteiger partial charge in [-0.25, -0.2) is 5.43 Å². The van der Waals surface area contributed by atoms with Crippen molar-refractivity contribution in [1.82, 2.24) is 44.9 Å². The van der Waals surface area contributed by atoms with Gasteiger partial charge in [-0.05, 0) is 150 Å². The van der Waals surface area contributed by atoms with Crippen molar-refractivity contribution in [2.24, 2.45) is 22.7 Å². The molecule has 1 unspecified atom stereocenters. The lowest BCUT2D eigenvalue weighted by atomic mass is 9.84. The van der Waals surface area contributed by atoms with Crippen LogP contribution in [0.3, 0.4) is 0 Å². The molecule has 6 bridgehead atoms. The molecular formula is C65H88N10O6. The first-order valence-electron chi connectivity index (χ1n) is 34.4. The SMILES string of the molecule is [2H]C1([2H])N(c2cnc([C@H](C)OC)c(-c3c4c5cc(ccc5n3CC)-c3cccc(c3)C[C@H](NC(=O)[C@H](C3CCCC3)N3CC[C@]5(CCN(C(=O)[C@H]6[C@@H](C7CC7)N6C)C5)C3)C(=O)N3CCC[C@H](N3)C(=O)OCC(C)(C)C4)c2)C([2H])([2H])C([2H])([2H])N(C2CC2)C1([2H])[2H]. The number of likely N-dealkylation sites (N-methyl/N-ethyl adjacent to an activating group) is 1. The van der Waals surface area contributed by atoms with Crippen LogP contribution in [-0.4, -0.2) is 174 Å². The molecule has 3 saturated carbocycles. The van der Waals surface area contributed by atoms with Crippen LogP contribution in [0.1, 0.15) is 139 Å². The van der Waals surface area contributed by atoms with E-state index in [1.165, 1.54) is 24.0 Å². The Labute approximate surface area is 490 Å². The molecule has 5 saturated heterocycles. The minimum Gasteiger partial charge on any atom is -0.464 e. The number of anilines is 1. The molecule has 16 heteroatoms. The Balaban J connectivity index is 0.863. The van der Waals surface area contributed by atoms with Gasteiger partial charge >= 0.3 is 5.97 Å². The highest BCUT2D eigenvalue weighted by Crippen LogP contribution is 2.49. The first-order chi connectivity index (χ1) is 42.2. The van der Waals surface area contributed by atoms with Crippen molar-refractivity contribution in [1.29, 1.82) is 0 Å². The van der Waals surface area contributed by atoms with Crippen LogP contribution in [-0.2, 0) is 48.0 Å². The third-order valence-electron chi connectivity index (χ3n) is 19.7. The number of cyclic esters (lactones) is 1. The van der Waals surface area contributed by atoms with Gasteiger partial charge in [-0.1, -0.05) is 57.0 Å².